The van der Waals surface area contributed by atoms with Gasteiger partial charge >= 0.3 is 11.9 Å². The standard InChI is InChI=1S/C11H22NO6P.C10H20NO6P/c1-10(2)11(13)16-8-9-18-19(14,15)17-7-6-12(3,4)5;1-5-10(12)15-8-9-17-18(13,14)16-7-6-11(2,3)4/h1,6-9H2,2-5H3;5H,1,6-9H2,2-4H3. The Bertz CT molecular complexity index is 821. The van der Waals surface area contributed by atoms with Crippen LogP contribution in [0.3, 0.4) is 0 Å². The summed E-state index contributed by atoms with van der Waals surface area (Å²) in [6, 6.07) is 0. The van der Waals surface area contributed by atoms with Gasteiger partial charge in [0, 0.05) is 11.6 Å². The van der Waals surface area contributed by atoms with Crippen LogP contribution in [0, 0.1) is 0 Å². The fraction of sp³-hybridized carbons (Fsp3) is 0.714. The molecule has 0 aromatic carbocycles. The number of rotatable bonds is 18. The van der Waals surface area contributed by atoms with E-state index >= 15 is 0 Å². The molecule has 16 heteroatoms. The van der Waals surface area contributed by atoms with Crippen molar-refractivity contribution in [1.29, 1.82) is 0 Å². The van der Waals surface area contributed by atoms with E-state index in [0.717, 1.165) is 6.08 Å². The molecule has 0 rings (SSSR count). The van der Waals surface area contributed by atoms with Crippen LogP contribution in [0.5, 0.6) is 0 Å². The second-order valence-corrected chi connectivity index (χ2v) is 12.4. The predicted molar refractivity (Wildman–Crippen MR) is 132 cm³/mol. The van der Waals surface area contributed by atoms with E-state index in [1.807, 2.05) is 42.3 Å². The highest BCUT2D eigenvalue weighted by Crippen LogP contribution is 2.38. The Morgan fingerprint density at radius 3 is 1.41 bits per heavy atom. The summed E-state index contributed by atoms with van der Waals surface area (Å²) >= 11 is 0. The van der Waals surface area contributed by atoms with Crippen LogP contribution in [-0.4, -0.2) is 116 Å². The molecule has 218 valence electrons. The fourth-order valence-electron chi connectivity index (χ4n) is 1.68. The first-order valence-corrected chi connectivity index (χ1v) is 14.0. The highest BCUT2D eigenvalue weighted by Gasteiger charge is 2.14. The molecule has 0 spiro atoms. The molecule has 0 bridgehead atoms. The molecule has 0 aliphatic heterocycles. The van der Waals surface area contributed by atoms with E-state index in [4.69, 9.17) is 0 Å². The molecule has 0 aromatic heterocycles. The number of ether oxygens (including phenoxy) is 2. The van der Waals surface area contributed by atoms with Gasteiger partial charge in [-0.2, -0.15) is 0 Å². The minimum absolute atomic E-state index is 0.0375. The highest BCUT2D eigenvalue weighted by molar-refractivity contribution is 7.46. The molecular weight excluding hydrogens is 534 g/mol. The molecule has 0 heterocycles. The third-order valence-corrected chi connectivity index (χ3v) is 5.68. The third-order valence-electron chi connectivity index (χ3n) is 3.68. The van der Waals surface area contributed by atoms with Crippen molar-refractivity contribution >= 4 is 27.6 Å². The number of likely N-dealkylation sites (N-methyl/N-ethyl adjacent to an activating group) is 2. The topological polar surface area (TPSA) is 170 Å². The fourth-order valence-corrected chi connectivity index (χ4v) is 3.04. The first-order valence-electron chi connectivity index (χ1n) is 11.1. The summed E-state index contributed by atoms with van der Waals surface area (Å²) in [5.74, 6) is -1.22. The molecule has 37 heavy (non-hydrogen) atoms. The molecule has 2 atom stereocenters. The number of hydrogen-bond donors (Lipinski definition) is 0. The second-order valence-electron chi connectivity index (χ2n) is 9.54. The maximum Gasteiger partial charge on any atom is 0.333 e. The van der Waals surface area contributed by atoms with Crippen LogP contribution in [0.25, 0.3) is 0 Å². The van der Waals surface area contributed by atoms with E-state index in [9.17, 15) is 28.5 Å². The third kappa shape index (κ3) is 27.4. The van der Waals surface area contributed by atoms with Crippen LogP contribution in [-0.2, 0) is 46.3 Å². The van der Waals surface area contributed by atoms with Gasteiger partial charge in [0.15, 0.2) is 0 Å². The Morgan fingerprint density at radius 2 is 1.08 bits per heavy atom. The summed E-state index contributed by atoms with van der Waals surface area (Å²) in [4.78, 5) is 44.2. The number of phosphoric ester groups is 2. The Balaban J connectivity index is 0. The molecule has 14 nitrogen and oxygen atoms in total. The van der Waals surface area contributed by atoms with Crippen LogP contribution < -0.4 is 9.79 Å². The average Bonchev–Trinajstić information content (AvgIpc) is 2.72. The molecule has 0 aliphatic carbocycles. The van der Waals surface area contributed by atoms with E-state index in [-0.39, 0.29) is 45.2 Å². The maximum absolute atomic E-state index is 11.3. The SMILES string of the molecule is C=C(C)C(=O)OCCOP(=O)([O-])OCC[N+](C)(C)C.C=CC(=O)OCCOP(=O)([O-])OCC[N+](C)(C)C. The summed E-state index contributed by atoms with van der Waals surface area (Å²) in [7, 11) is 2.82. The Kier molecular flexibility index (Phi) is 18.3. The zero-order chi connectivity index (χ0) is 29.3. The first kappa shape index (κ1) is 37.7. The number of quaternary nitrogens is 2. The average molecular weight is 577 g/mol. The number of nitrogens with zero attached hydrogens (tertiary/aromatic N) is 2. The van der Waals surface area contributed by atoms with Crippen LogP contribution >= 0.6 is 15.6 Å². The zero-order valence-corrected chi connectivity index (χ0v) is 24.6. The monoisotopic (exact) mass is 576 g/mol. The van der Waals surface area contributed by atoms with Gasteiger partial charge in [-0.05, 0) is 6.92 Å². The van der Waals surface area contributed by atoms with Gasteiger partial charge in [0.25, 0.3) is 15.6 Å². The van der Waals surface area contributed by atoms with Crippen molar-refractivity contribution in [3.63, 3.8) is 0 Å². The van der Waals surface area contributed by atoms with Crippen LogP contribution in [0.1, 0.15) is 6.92 Å². The largest absolute Gasteiger partial charge is 0.756 e. The summed E-state index contributed by atoms with van der Waals surface area (Å²) in [5, 5.41) is 0. The number of hydrogen-bond acceptors (Lipinski definition) is 12. The van der Waals surface area contributed by atoms with Gasteiger partial charge in [-0.25, -0.2) is 9.59 Å². The zero-order valence-electron chi connectivity index (χ0n) is 22.8. The van der Waals surface area contributed by atoms with E-state index in [2.05, 4.69) is 40.7 Å². The Labute approximate surface area is 219 Å². The first-order chi connectivity index (χ1) is 16.7. The van der Waals surface area contributed by atoms with E-state index in [0.29, 0.717) is 22.1 Å². The van der Waals surface area contributed by atoms with Gasteiger partial charge in [-0.1, -0.05) is 13.2 Å². The van der Waals surface area contributed by atoms with Crippen molar-refractivity contribution in [3.8, 4) is 0 Å². The predicted octanol–water partition coefficient (Wildman–Crippen LogP) is 0.237. The molecule has 0 amide bonds. The number of carbonyl (C=O) groups excluding carboxylic acids is 2. The lowest BCUT2D eigenvalue weighted by molar-refractivity contribution is -0.870. The van der Waals surface area contributed by atoms with Crippen molar-refractivity contribution in [2.24, 2.45) is 0 Å². The molecule has 0 saturated carbocycles. The Hall–Kier alpha value is -1.44. The molecule has 0 aliphatic rings. The smallest absolute Gasteiger partial charge is 0.333 e. The van der Waals surface area contributed by atoms with Crippen molar-refractivity contribution in [3.05, 3.63) is 24.8 Å². The van der Waals surface area contributed by atoms with Crippen molar-refractivity contribution in [2.75, 3.05) is 95.0 Å². The molecule has 2 unspecified atom stereocenters. The Morgan fingerprint density at radius 1 is 0.730 bits per heavy atom. The summed E-state index contributed by atoms with van der Waals surface area (Å²) in [6.45, 7) is 8.32. The van der Waals surface area contributed by atoms with Gasteiger partial charge in [0.2, 0.25) is 0 Å². The van der Waals surface area contributed by atoms with Gasteiger partial charge in [0.05, 0.1) is 55.5 Å². The van der Waals surface area contributed by atoms with Crippen LogP contribution in [0.15, 0.2) is 24.8 Å². The summed E-state index contributed by atoms with van der Waals surface area (Å²) < 4.78 is 51.3. The minimum atomic E-state index is -4.34. The summed E-state index contributed by atoms with van der Waals surface area (Å²) in [5.41, 5.74) is 0.240. The van der Waals surface area contributed by atoms with Gasteiger partial charge in [-0.15, -0.1) is 0 Å². The lowest BCUT2D eigenvalue weighted by Crippen LogP contribution is -2.37. The molecule has 0 radical (unpaired) electrons. The normalized spacial score (nSPS) is 14.8. The number of phosphoric acid groups is 2. The van der Waals surface area contributed by atoms with Crippen molar-refractivity contribution in [2.45, 2.75) is 6.92 Å². The minimum Gasteiger partial charge on any atom is -0.756 e. The van der Waals surface area contributed by atoms with Crippen LogP contribution in [0.2, 0.25) is 0 Å². The van der Waals surface area contributed by atoms with Crippen molar-refractivity contribution in [1.82, 2.24) is 0 Å². The maximum atomic E-state index is 11.3. The lowest BCUT2D eigenvalue weighted by atomic mass is 10.4. The summed E-state index contributed by atoms with van der Waals surface area (Å²) in [6.07, 6.45) is 0.981. The number of esters is 2. The molecule has 0 aromatic rings. The van der Waals surface area contributed by atoms with E-state index < -0.39 is 27.6 Å². The van der Waals surface area contributed by atoms with Crippen LogP contribution in [0.4, 0.5) is 0 Å². The van der Waals surface area contributed by atoms with Gasteiger partial charge < -0.3 is 46.3 Å². The number of carbonyl (C=O) groups is 2. The lowest BCUT2D eigenvalue weighted by Gasteiger charge is -2.27. The van der Waals surface area contributed by atoms with Crippen molar-refractivity contribution < 1.29 is 65.0 Å². The second kappa shape index (κ2) is 18.0. The molecule has 0 N–H and O–H groups in total. The van der Waals surface area contributed by atoms with E-state index in [1.54, 1.807) is 0 Å². The molecule has 0 fully saturated rings. The highest BCUT2D eigenvalue weighted by atomic mass is 31.2. The van der Waals surface area contributed by atoms with E-state index in [1.165, 1.54) is 6.92 Å². The molecule has 0 saturated heterocycles. The molecular formula is C21H42N2O12P2. The van der Waals surface area contributed by atoms with Gasteiger partial charge in [-0.3, -0.25) is 9.13 Å². The van der Waals surface area contributed by atoms with Gasteiger partial charge in [0.1, 0.15) is 39.5 Å². The quantitative estimate of drug-likeness (QED) is 0.0717.